The van der Waals surface area contributed by atoms with Crippen LogP contribution < -0.4 is 21.5 Å². The Hall–Kier alpha value is -0.410. The average Bonchev–Trinajstić information content (AvgIpc) is 2.27. The first-order valence-electron chi connectivity index (χ1n) is 5.95. The second kappa shape index (κ2) is 9.79. The average molecular weight is 288 g/mol. The third-order valence-corrected chi connectivity index (χ3v) is 2.64. The molecule has 0 unspecified atom stereocenters. The summed E-state index contributed by atoms with van der Waals surface area (Å²) in [6, 6.07) is 4.31. The van der Waals surface area contributed by atoms with Crippen molar-refractivity contribution < 1.29 is 26.7 Å². The van der Waals surface area contributed by atoms with Crippen molar-refractivity contribution >= 4 is 0 Å². The van der Waals surface area contributed by atoms with Crippen molar-refractivity contribution in [3.63, 3.8) is 0 Å². The lowest BCUT2D eigenvalue weighted by atomic mass is 10.1. The number of aromatic nitrogens is 1. The van der Waals surface area contributed by atoms with E-state index in [-0.39, 0.29) is 23.6 Å². The Labute approximate surface area is 109 Å². The number of halogens is 1. The molecule has 92 valence electrons. The number of pyridine rings is 1. The zero-order valence-corrected chi connectivity index (χ0v) is 11.6. The highest BCUT2D eigenvalue weighted by molar-refractivity contribution is 5.07. The Morgan fingerprint density at radius 1 is 1.12 bits per heavy atom. The topological polar surface area (TPSA) is 24.1 Å². The molecule has 0 saturated heterocycles. The number of unbranched alkanes of at least 4 members (excludes halogenated alkanes) is 3. The highest BCUT2D eigenvalue weighted by Gasteiger charge is 1.99. The molecule has 0 radical (unpaired) electrons. The molecular formula is C13H22BrNO. The SMILES string of the molecule is CCCCCCc1cc[n+](CCO)cc1.[Br-]. The summed E-state index contributed by atoms with van der Waals surface area (Å²) < 4.78 is 2.01. The van der Waals surface area contributed by atoms with Crippen molar-refractivity contribution in [2.75, 3.05) is 6.61 Å². The number of rotatable bonds is 7. The van der Waals surface area contributed by atoms with Gasteiger partial charge in [-0.1, -0.05) is 26.2 Å². The quantitative estimate of drug-likeness (QED) is 0.510. The Bertz CT molecular complexity index is 261. The van der Waals surface area contributed by atoms with Gasteiger partial charge in [-0.2, -0.15) is 0 Å². The summed E-state index contributed by atoms with van der Waals surface area (Å²) in [5.74, 6) is 0. The number of nitrogens with zero attached hydrogens (tertiary/aromatic N) is 1. The first-order valence-corrected chi connectivity index (χ1v) is 5.95. The molecule has 0 bridgehead atoms. The van der Waals surface area contributed by atoms with E-state index in [4.69, 9.17) is 5.11 Å². The van der Waals surface area contributed by atoms with Crippen LogP contribution in [0.4, 0.5) is 0 Å². The van der Waals surface area contributed by atoms with E-state index in [0.29, 0.717) is 6.54 Å². The summed E-state index contributed by atoms with van der Waals surface area (Å²) >= 11 is 0. The van der Waals surface area contributed by atoms with Crippen molar-refractivity contribution in [3.8, 4) is 0 Å². The largest absolute Gasteiger partial charge is 1.00 e. The highest BCUT2D eigenvalue weighted by Crippen LogP contribution is 2.05. The van der Waals surface area contributed by atoms with Crippen molar-refractivity contribution in [2.45, 2.75) is 45.6 Å². The monoisotopic (exact) mass is 287 g/mol. The molecular weight excluding hydrogens is 266 g/mol. The zero-order chi connectivity index (χ0) is 10.9. The molecule has 0 aliphatic carbocycles. The van der Waals surface area contributed by atoms with Gasteiger partial charge in [0, 0.05) is 12.1 Å². The van der Waals surface area contributed by atoms with Gasteiger partial charge >= 0.3 is 0 Å². The van der Waals surface area contributed by atoms with Crippen LogP contribution in [0.1, 0.15) is 38.2 Å². The van der Waals surface area contributed by atoms with Crippen molar-refractivity contribution in [1.29, 1.82) is 0 Å². The Kier molecular flexibility index (Phi) is 9.54. The summed E-state index contributed by atoms with van der Waals surface area (Å²) in [6.07, 6.45) is 10.5. The third kappa shape index (κ3) is 6.23. The van der Waals surface area contributed by atoms with E-state index in [1.807, 2.05) is 17.0 Å². The lowest BCUT2D eigenvalue weighted by Crippen LogP contribution is -3.00. The van der Waals surface area contributed by atoms with Gasteiger partial charge in [0.2, 0.25) is 0 Å². The van der Waals surface area contributed by atoms with Crippen molar-refractivity contribution in [1.82, 2.24) is 0 Å². The van der Waals surface area contributed by atoms with Crippen molar-refractivity contribution in [2.24, 2.45) is 0 Å². The van der Waals surface area contributed by atoms with E-state index in [1.165, 1.54) is 37.7 Å². The summed E-state index contributed by atoms with van der Waals surface area (Å²) in [7, 11) is 0. The van der Waals surface area contributed by atoms with E-state index in [0.717, 1.165) is 0 Å². The molecule has 3 heteroatoms. The van der Waals surface area contributed by atoms with Crippen LogP contribution in [0.2, 0.25) is 0 Å². The number of hydrogen-bond donors (Lipinski definition) is 1. The lowest BCUT2D eigenvalue weighted by molar-refractivity contribution is -0.698. The lowest BCUT2D eigenvalue weighted by Gasteiger charge is -2.00. The fourth-order valence-electron chi connectivity index (χ4n) is 1.68. The molecule has 0 aliphatic heterocycles. The van der Waals surface area contributed by atoms with E-state index in [2.05, 4.69) is 19.1 Å². The van der Waals surface area contributed by atoms with Gasteiger partial charge in [0.05, 0.1) is 0 Å². The molecule has 16 heavy (non-hydrogen) atoms. The van der Waals surface area contributed by atoms with Crippen LogP contribution >= 0.6 is 0 Å². The maximum Gasteiger partial charge on any atom is 0.171 e. The Morgan fingerprint density at radius 3 is 2.38 bits per heavy atom. The van der Waals surface area contributed by atoms with Crippen LogP contribution in [-0.2, 0) is 13.0 Å². The smallest absolute Gasteiger partial charge is 0.171 e. The maximum atomic E-state index is 8.77. The first kappa shape index (κ1) is 15.6. The van der Waals surface area contributed by atoms with Crippen molar-refractivity contribution in [3.05, 3.63) is 30.1 Å². The Balaban J connectivity index is 0.00000225. The Morgan fingerprint density at radius 2 is 1.81 bits per heavy atom. The van der Waals surface area contributed by atoms with Gasteiger partial charge in [0.25, 0.3) is 0 Å². The van der Waals surface area contributed by atoms with Crippen LogP contribution in [0.15, 0.2) is 24.5 Å². The number of aryl methyl sites for hydroxylation is 1. The molecule has 0 aliphatic rings. The molecule has 1 rings (SSSR count). The maximum absolute atomic E-state index is 8.77. The van der Waals surface area contributed by atoms with Gasteiger partial charge < -0.3 is 22.1 Å². The molecule has 0 atom stereocenters. The summed E-state index contributed by atoms with van der Waals surface area (Å²) in [6.45, 7) is 3.14. The van der Waals surface area contributed by atoms with Gasteiger partial charge in [-0.05, 0) is 18.4 Å². The molecule has 0 amide bonds. The molecule has 1 aromatic heterocycles. The summed E-state index contributed by atoms with van der Waals surface area (Å²) in [5, 5.41) is 8.77. The van der Waals surface area contributed by atoms with Crippen LogP contribution in [-0.4, -0.2) is 11.7 Å². The van der Waals surface area contributed by atoms with Crippen LogP contribution in [0, 0.1) is 0 Å². The number of hydrogen-bond acceptors (Lipinski definition) is 1. The number of aliphatic hydroxyl groups excluding tert-OH is 1. The van der Waals surface area contributed by atoms with Gasteiger partial charge in [-0.25, -0.2) is 4.57 Å². The molecule has 1 aromatic rings. The summed E-state index contributed by atoms with van der Waals surface area (Å²) in [5.41, 5.74) is 1.40. The highest BCUT2D eigenvalue weighted by atomic mass is 79.9. The minimum atomic E-state index is 0. The molecule has 0 saturated carbocycles. The predicted octanol–water partition coefficient (Wildman–Crippen LogP) is -0.907. The van der Waals surface area contributed by atoms with E-state index >= 15 is 0 Å². The van der Waals surface area contributed by atoms with Gasteiger partial charge in [-0.3, -0.25) is 0 Å². The normalized spacial score (nSPS) is 9.88. The van der Waals surface area contributed by atoms with Gasteiger partial charge in [0.15, 0.2) is 18.9 Å². The molecule has 0 spiro atoms. The van der Waals surface area contributed by atoms with E-state index in [1.54, 1.807) is 0 Å². The standard InChI is InChI=1S/C13H22NO.BrH/c1-2-3-4-5-6-13-7-9-14(10-8-13)11-12-15;/h7-10,15H,2-6,11-12H2,1H3;1H/q+1;/p-1. The van der Waals surface area contributed by atoms with E-state index < -0.39 is 0 Å². The zero-order valence-electron chi connectivity index (χ0n) is 10.0. The molecule has 2 nitrogen and oxygen atoms in total. The molecule has 1 N–H and O–H groups in total. The summed E-state index contributed by atoms with van der Waals surface area (Å²) in [4.78, 5) is 0. The van der Waals surface area contributed by atoms with Gasteiger partial charge in [0.1, 0.15) is 6.61 Å². The van der Waals surface area contributed by atoms with Crippen LogP contribution in [0.25, 0.3) is 0 Å². The fraction of sp³-hybridized carbons (Fsp3) is 0.615. The van der Waals surface area contributed by atoms with Gasteiger partial charge in [-0.15, -0.1) is 0 Å². The van der Waals surface area contributed by atoms with Crippen LogP contribution in [0.5, 0.6) is 0 Å². The van der Waals surface area contributed by atoms with E-state index in [9.17, 15) is 0 Å². The van der Waals surface area contributed by atoms with Crippen LogP contribution in [0.3, 0.4) is 0 Å². The molecule has 1 heterocycles. The number of aliphatic hydroxyl groups is 1. The second-order valence-electron chi connectivity index (χ2n) is 3.98. The first-order chi connectivity index (χ1) is 7.36. The molecule has 0 aromatic carbocycles. The fourth-order valence-corrected chi connectivity index (χ4v) is 1.68. The predicted molar refractivity (Wildman–Crippen MR) is 61.6 cm³/mol. The molecule has 0 fully saturated rings. The second-order valence-corrected chi connectivity index (χ2v) is 3.98. The third-order valence-electron chi connectivity index (χ3n) is 2.64. The minimum Gasteiger partial charge on any atom is -1.00 e. The minimum absolute atomic E-state index is 0.